The molecule has 0 fully saturated rings. The van der Waals surface area contributed by atoms with Gasteiger partial charge in [0.05, 0.1) is 5.56 Å². The van der Waals surface area contributed by atoms with Gasteiger partial charge < -0.3 is 5.32 Å². The minimum Gasteiger partial charge on any atom is -0.352 e. The van der Waals surface area contributed by atoms with E-state index in [1.165, 1.54) is 36.1 Å². The number of allylic oxidation sites excluding steroid dienone is 1. The van der Waals surface area contributed by atoms with Crippen molar-refractivity contribution in [3.8, 4) is 0 Å². The number of amides is 1. The fourth-order valence-electron chi connectivity index (χ4n) is 2.30. The van der Waals surface area contributed by atoms with E-state index >= 15 is 0 Å². The lowest BCUT2D eigenvalue weighted by Gasteiger charge is -2.12. The summed E-state index contributed by atoms with van der Waals surface area (Å²) in [4.78, 5) is 13.2. The first-order valence-electron chi connectivity index (χ1n) is 6.69. The quantitative estimate of drug-likeness (QED) is 0.818. The molecule has 1 aromatic rings. The molecule has 1 aliphatic rings. The Bertz CT molecular complexity index is 459. The van der Waals surface area contributed by atoms with Crippen LogP contribution in [0.3, 0.4) is 0 Å². The first-order valence-corrected chi connectivity index (χ1v) is 7.57. The van der Waals surface area contributed by atoms with Crippen molar-refractivity contribution in [1.29, 1.82) is 0 Å². The van der Waals surface area contributed by atoms with Gasteiger partial charge in [0.1, 0.15) is 0 Å². The molecule has 18 heavy (non-hydrogen) atoms. The normalized spacial score (nSPS) is 15.3. The fraction of sp³-hybridized carbons (Fsp3) is 0.533. The minimum absolute atomic E-state index is 0.0771. The summed E-state index contributed by atoms with van der Waals surface area (Å²) in [6.45, 7) is 4.84. The third kappa shape index (κ3) is 3.22. The Morgan fingerprint density at radius 1 is 1.39 bits per heavy atom. The highest BCUT2D eigenvalue weighted by Crippen LogP contribution is 2.21. The zero-order valence-electron chi connectivity index (χ0n) is 11.2. The summed E-state index contributed by atoms with van der Waals surface area (Å²) in [5.41, 5.74) is 3.48. The first kappa shape index (κ1) is 13.3. The topological polar surface area (TPSA) is 29.1 Å². The van der Waals surface area contributed by atoms with E-state index in [-0.39, 0.29) is 5.91 Å². The first-order chi connectivity index (χ1) is 8.68. The van der Waals surface area contributed by atoms with Gasteiger partial charge in [-0.2, -0.15) is 0 Å². The molecule has 0 aromatic carbocycles. The van der Waals surface area contributed by atoms with Crippen LogP contribution in [0, 0.1) is 13.8 Å². The van der Waals surface area contributed by atoms with E-state index in [4.69, 9.17) is 0 Å². The molecular weight excluding hydrogens is 242 g/mol. The van der Waals surface area contributed by atoms with Crippen molar-refractivity contribution < 1.29 is 4.79 Å². The van der Waals surface area contributed by atoms with Gasteiger partial charge in [0.25, 0.3) is 5.91 Å². The van der Waals surface area contributed by atoms with Gasteiger partial charge in [-0.05, 0) is 51.5 Å². The van der Waals surface area contributed by atoms with Gasteiger partial charge >= 0.3 is 0 Å². The fourth-order valence-corrected chi connectivity index (χ4v) is 3.17. The summed E-state index contributed by atoms with van der Waals surface area (Å²) in [6, 6.07) is 0. The average Bonchev–Trinajstić information content (AvgIpc) is 2.71. The van der Waals surface area contributed by atoms with Crippen LogP contribution in [0.4, 0.5) is 0 Å². The monoisotopic (exact) mass is 263 g/mol. The van der Waals surface area contributed by atoms with E-state index in [1.54, 1.807) is 11.3 Å². The van der Waals surface area contributed by atoms with Crippen LogP contribution in [-0.4, -0.2) is 12.5 Å². The van der Waals surface area contributed by atoms with E-state index in [0.717, 1.165) is 24.1 Å². The molecule has 98 valence electrons. The van der Waals surface area contributed by atoms with E-state index in [9.17, 15) is 4.79 Å². The standard InChI is InChI=1S/C15H21NOS/c1-11-12(2)18-10-14(11)15(17)16-9-8-13-6-4-3-5-7-13/h6,10H,3-5,7-9H2,1-2H3,(H,16,17). The Labute approximate surface area is 113 Å². The van der Waals surface area contributed by atoms with Gasteiger partial charge in [0, 0.05) is 16.8 Å². The summed E-state index contributed by atoms with van der Waals surface area (Å²) < 4.78 is 0. The van der Waals surface area contributed by atoms with Crippen molar-refractivity contribution in [2.45, 2.75) is 46.0 Å². The molecule has 0 saturated carbocycles. The van der Waals surface area contributed by atoms with Crippen molar-refractivity contribution in [2.75, 3.05) is 6.54 Å². The Morgan fingerprint density at radius 3 is 2.83 bits per heavy atom. The van der Waals surface area contributed by atoms with Crippen LogP contribution in [-0.2, 0) is 0 Å². The van der Waals surface area contributed by atoms with Crippen LogP contribution in [0.1, 0.15) is 52.9 Å². The molecule has 2 rings (SSSR count). The maximum Gasteiger partial charge on any atom is 0.252 e. The van der Waals surface area contributed by atoms with Gasteiger partial charge in [-0.25, -0.2) is 0 Å². The molecule has 0 radical (unpaired) electrons. The van der Waals surface area contributed by atoms with Crippen LogP contribution in [0.15, 0.2) is 17.0 Å². The number of hydrogen-bond acceptors (Lipinski definition) is 2. The predicted molar refractivity (Wildman–Crippen MR) is 77.3 cm³/mol. The maximum absolute atomic E-state index is 12.0. The molecular formula is C15H21NOS. The number of carbonyl (C=O) groups excluding carboxylic acids is 1. The highest BCUT2D eigenvalue weighted by Gasteiger charge is 2.12. The van der Waals surface area contributed by atoms with Crippen molar-refractivity contribution in [2.24, 2.45) is 0 Å². The summed E-state index contributed by atoms with van der Waals surface area (Å²) in [5, 5.41) is 4.99. The van der Waals surface area contributed by atoms with Gasteiger partial charge in [0.2, 0.25) is 0 Å². The van der Waals surface area contributed by atoms with Crippen molar-refractivity contribution in [3.63, 3.8) is 0 Å². The lowest BCUT2D eigenvalue weighted by Crippen LogP contribution is -2.25. The third-order valence-electron chi connectivity index (χ3n) is 3.65. The molecule has 1 amide bonds. The van der Waals surface area contributed by atoms with E-state index in [2.05, 4.69) is 18.3 Å². The van der Waals surface area contributed by atoms with Gasteiger partial charge in [-0.1, -0.05) is 11.6 Å². The Balaban J connectivity index is 1.81. The smallest absolute Gasteiger partial charge is 0.252 e. The molecule has 0 aliphatic heterocycles. The van der Waals surface area contributed by atoms with Crippen LogP contribution in [0.2, 0.25) is 0 Å². The second-order valence-electron chi connectivity index (χ2n) is 4.94. The largest absolute Gasteiger partial charge is 0.352 e. The predicted octanol–water partition coefficient (Wildman–Crippen LogP) is 3.99. The SMILES string of the molecule is Cc1scc(C(=O)NCCC2=CCCCC2)c1C. The molecule has 0 bridgehead atoms. The zero-order valence-corrected chi connectivity index (χ0v) is 12.0. The Morgan fingerprint density at radius 2 is 2.22 bits per heavy atom. The average molecular weight is 263 g/mol. The molecule has 1 N–H and O–H groups in total. The molecule has 1 heterocycles. The Kier molecular flexibility index (Phi) is 4.59. The lowest BCUT2D eigenvalue weighted by atomic mass is 9.97. The molecule has 0 spiro atoms. The lowest BCUT2D eigenvalue weighted by molar-refractivity contribution is 0.0954. The molecule has 2 nitrogen and oxygen atoms in total. The molecule has 1 aliphatic carbocycles. The number of aryl methyl sites for hydroxylation is 1. The van der Waals surface area contributed by atoms with E-state index in [0.29, 0.717) is 0 Å². The summed E-state index contributed by atoms with van der Waals surface area (Å²) in [5.74, 6) is 0.0771. The van der Waals surface area contributed by atoms with Gasteiger partial charge in [-0.15, -0.1) is 11.3 Å². The molecule has 0 saturated heterocycles. The second kappa shape index (κ2) is 6.19. The van der Waals surface area contributed by atoms with E-state index in [1.807, 2.05) is 12.3 Å². The summed E-state index contributed by atoms with van der Waals surface area (Å²) in [6.07, 6.45) is 8.41. The molecule has 0 atom stereocenters. The highest BCUT2D eigenvalue weighted by molar-refractivity contribution is 7.10. The van der Waals surface area contributed by atoms with E-state index < -0.39 is 0 Å². The van der Waals surface area contributed by atoms with Crippen LogP contribution in [0.5, 0.6) is 0 Å². The highest BCUT2D eigenvalue weighted by atomic mass is 32.1. The van der Waals surface area contributed by atoms with Gasteiger partial charge in [0.15, 0.2) is 0 Å². The number of nitrogens with one attached hydrogen (secondary N) is 1. The number of hydrogen-bond donors (Lipinski definition) is 1. The van der Waals surface area contributed by atoms with Crippen LogP contribution in [0.25, 0.3) is 0 Å². The van der Waals surface area contributed by atoms with Crippen LogP contribution < -0.4 is 5.32 Å². The zero-order chi connectivity index (χ0) is 13.0. The number of thiophene rings is 1. The maximum atomic E-state index is 12.0. The Hall–Kier alpha value is -1.09. The molecule has 1 aromatic heterocycles. The minimum atomic E-state index is 0.0771. The second-order valence-corrected chi connectivity index (χ2v) is 6.03. The van der Waals surface area contributed by atoms with Crippen LogP contribution >= 0.6 is 11.3 Å². The van der Waals surface area contributed by atoms with Gasteiger partial charge in [-0.3, -0.25) is 4.79 Å². The molecule has 3 heteroatoms. The third-order valence-corrected chi connectivity index (χ3v) is 4.66. The van der Waals surface area contributed by atoms with Crippen molar-refractivity contribution >= 4 is 17.2 Å². The van der Waals surface area contributed by atoms with Crippen molar-refractivity contribution in [1.82, 2.24) is 5.32 Å². The molecule has 0 unspecified atom stereocenters. The summed E-state index contributed by atoms with van der Waals surface area (Å²) in [7, 11) is 0. The number of carbonyl (C=O) groups is 1. The summed E-state index contributed by atoms with van der Waals surface area (Å²) >= 11 is 1.65. The number of rotatable bonds is 4. The van der Waals surface area contributed by atoms with Crippen molar-refractivity contribution in [3.05, 3.63) is 33.0 Å².